The molecule has 1 aromatic carbocycles. The number of thioether (sulfide) groups is 1. The van der Waals surface area contributed by atoms with Gasteiger partial charge in [-0.05, 0) is 30.9 Å². The van der Waals surface area contributed by atoms with Gasteiger partial charge in [-0.1, -0.05) is 12.1 Å². The van der Waals surface area contributed by atoms with Crippen molar-refractivity contribution in [2.45, 2.75) is 17.9 Å². The molecule has 1 amide bonds. The third-order valence-electron chi connectivity index (χ3n) is 3.03. The van der Waals surface area contributed by atoms with E-state index in [-0.39, 0.29) is 17.4 Å². The van der Waals surface area contributed by atoms with Crippen molar-refractivity contribution >= 4 is 23.6 Å². The van der Waals surface area contributed by atoms with Crippen LogP contribution in [0.1, 0.15) is 39.5 Å². The summed E-state index contributed by atoms with van der Waals surface area (Å²) in [5, 5.41) is 11.7. The number of nitrogens with one attached hydrogen (secondary N) is 2. The fourth-order valence-corrected chi connectivity index (χ4v) is 2.28. The molecule has 0 radical (unpaired) electrons. The molecule has 0 aliphatic rings. The second-order valence-electron chi connectivity index (χ2n) is 4.40. The molecule has 6 nitrogen and oxygen atoms in total. The fraction of sp³-hybridized carbons (Fsp3) is 0.214. The number of carboxylic acids is 1. The molecule has 0 aliphatic heterocycles. The van der Waals surface area contributed by atoms with Gasteiger partial charge in [-0.3, -0.25) is 4.79 Å². The zero-order chi connectivity index (χ0) is 15.4. The molecule has 3 N–H and O–H groups in total. The van der Waals surface area contributed by atoms with Gasteiger partial charge in [0.1, 0.15) is 0 Å². The van der Waals surface area contributed by atoms with Crippen LogP contribution in [0, 0.1) is 0 Å². The number of H-pyrrole nitrogens is 1. The van der Waals surface area contributed by atoms with Crippen molar-refractivity contribution in [2.24, 2.45) is 0 Å². The van der Waals surface area contributed by atoms with Crippen molar-refractivity contribution in [1.82, 2.24) is 15.3 Å². The zero-order valence-electron chi connectivity index (χ0n) is 11.6. The predicted molar refractivity (Wildman–Crippen MR) is 79.7 cm³/mol. The molecule has 1 unspecified atom stereocenters. The summed E-state index contributed by atoms with van der Waals surface area (Å²) >= 11 is 1.64. The van der Waals surface area contributed by atoms with Crippen LogP contribution >= 0.6 is 11.8 Å². The molecule has 21 heavy (non-hydrogen) atoms. The molecule has 0 spiro atoms. The topological polar surface area (TPSA) is 95.1 Å². The Labute approximate surface area is 126 Å². The number of benzene rings is 1. The van der Waals surface area contributed by atoms with E-state index < -0.39 is 11.9 Å². The number of nitrogens with zero attached hydrogens (tertiary/aromatic N) is 1. The van der Waals surface area contributed by atoms with Crippen LogP contribution in [-0.2, 0) is 0 Å². The van der Waals surface area contributed by atoms with E-state index in [1.165, 1.54) is 6.33 Å². The van der Waals surface area contributed by atoms with E-state index in [0.29, 0.717) is 0 Å². The summed E-state index contributed by atoms with van der Waals surface area (Å²) in [6, 6.07) is 7.56. The Hall–Kier alpha value is -2.28. The highest BCUT2D eigenvalue weighted by Gasteiger charge is 2.21. The Bertz CT molecular complexity index is 652. The Morgan fingerprint density at radius 3 is 2.57 bits per heavy atom. The average Bonchev–Trinajstić information content (AvgIpc) is 2.97. The summed E-state index contributed by atoms with van der Waals surface area (Å²) in [6.07, 6.45) is 3.18. The number of amides is 1. The minimum absolute atomic E-state index is 0.116. The van der Waals surface area contributed by atoms with Crippen molar-refractivity contribution in [2.75, 3.05) is 6.26 Å². The number of hydrogen-bond donors (Lipinski definition) is 3. The number of hydrogen-bond acceptors (Lipinski definition) is 4. The predicted octanol–water partition coefficient (Wildman–Crippen LogP) is 2.32. The number of aromatic carboxylic acids is 1. The average molecular weight is 305 g/mol. The van der Waals surface area contributed by atoms with Gasteiger partial charge in [0.2, 0.25) is 0 Å². The van der Waals surface area contributed by atoms with Crippen LogP contribution in [0.4, 0.5) is 0 Å². The van der Waals surface area contributed by atoms with E-state index in [1.807, 2.05) is 37.4 Å². The van der Waals surface area contributed by atoms with Crippen LogP contribution in [0.25, 0.3) is 0 Å². The van der Waals surface area contributed by atoms with Crippen molar-refractivity contribution < 1.29 is 14.7 Å². The molecular weight excluding hydrogens is 290 g/mol. The molecule has 2 aromatic rings. The van der Waals surface area contributed by atoms with Crippen LogP contribution in [-0.4, -0.2) is 33.2 Å². The highest BCUT2D eigenvalue weighted by molar-refractivity contribution is 7.98. The first-order valence-electron chi connectivity index (χ1n) is 6.24. The molecule has 1 atom stereocenters. The molecule has 1 aromatic heterocycles. The standard InChI is InChI=1S/C14H15N3O3S/c1-8(9-3-5-10(21-2)6-4-9)17-13(18)11-12(14(19)20)16-7-15-11/h3-8H,1-2H3,(H,15,16)(H,17,18)(H,19,20). The number of carbonyl (C=O) groups is 2. The van der Waals surface area contributed by atoms with Gasteiger partial charge in [-0.2, -0.15) is 0 Å². The number of rotatable bonds is 5. The van der Waals surface area contributed by atoms with Crippen molar-refractivity contribution in [3.63, 3.8) is 0 Å². The number of carboxylic acid groups (broad SMARTS) is 1. The first-order chi connectivity index (χ1) is 10.0. The van der Waals surface area contributed by atoms with Gasteiger partial charge < -0.3 is 15.4 Å². The first kappa shape index (κ1) is 15.1. The highest BCUT2D eigenvalue weighted by atomic mass is 32.2. The van der Waals surface area contributed by atoms with Gasteiger partial charge >= 0.3 is 5.97 Å². The van der Waals surface area contributed by atoms with Crippen LogP contribution < -0.4 is 5.32 Å². The van der Waals surface area contributed by atoms with Crippen molar-refractivity contribution in [1.29, 1.82) is 0 Å². The van der Waals surface area contributed by atoms with E-state index in [1.54, 1.807) is 11.8 Å². The van der Waals surface area contributed by atoms with Gasteiger partial charge in [-0.15, -0.1) is 11.8 Å². The van der Waals surface area contributed by atoms with Crippen LogP contribution in [0.3, 0.4) is 0 Å². The fourth-order valence-electron chi connectivity index (χ4n) is 1.87. The molecule has 110 valence electrons. The maximum atomic E-state index is 12.1. The maximum Gasteiger partial charge on any atom is 0.354 e. The largest absolute Gasteiger partial charge is 0.477 e. The molecule has 0 saturated heterocycles. The lowest BCUT2D eigenvalue weighted by Gasteiger charge is -2.14. The summed E-state index contributed by atoms with van der Waals surface area (Å²) in [7, 11) is 0. The maximum absolute atomic E-state index is 12.1. The summed E-state index contributed by atoms with van der Waals surface area (Å²) in [6.45, 7) is 1.83. The smallest absolute Gasteiger partial charge is 0.354 e. The summed E-state index contributed by atoms with van der Waals surface area (Å²) < 4.78 is 0. The van der Waals surface area contributed by atoms with Crippen LogP contribution in [0.5, 0.6) is 0 Å². The Morgan fingerprint density at radius 2 is 2.00 bits per heavy atom. The molecule has 2 rings (SSSR count). The lowest BCUT2D eigenvalue weighted by molar-refractivity contribution is 0.0684. The number of carbonyl (C=O) groups excluding carboxylic acids is 1. The van der Waals surface area contributed by atoms with Gasteiger partial charge in [-0.25, -0.2) is 9.78 Å². The number of aromatic amines is 1. The van der Waals surface area contributed by atoms with E-state index in [2.05, 4.69) is 15.3 Å². The van der Waals surface area contributed by atoms with Gasteiger partial charge in [0.25, 0.3) is 5.91 Å². The summed E-state index contributed by atoms with van der Waals surface area (Å²) in [5.74, 6) is -1.73. The Kier molecular flexibility index (Phi) is 4.64. The lowest BCUT2D eigenvalue weighted by atomic mass is 10.1. The third kappa shape index (κ3) is 3.43. The second kappa shape index (κ2) is 6.45. The van der Waals surface area contributed by atoms with E-state index in [0.717, 1.165) is 10.5 Å². The van der Waals surface area contributed by atoms with Crippen molar-refractivity contribution in [3.8, 4) is 0 Å². The second-order valence-corrected chi connectivity index (χ2v) is 5.28. The van der Waals surface area contributed by atoms with Crippen LogP contribution in [0.2, 0.25) is 0 Å². The molecule has 0 saturated carbocycles. The van der Waals surface area contributed by atoms with Crippen molar-refractivity contribution in [3.05, 3.63) is 47.5 Å². The van der Waals surface area contributed by atoms with E-state index >= 15 is 0 Å². The van der Waals surface area contributed by atoms with E-state index in [9.17, 15) is 9.59 Å². The van der Waals surface area contributed by atoms with Gasteiger partial charge in [0.15, 0.2) is 11.4 Å². The molecular formula is C14H15N3O3S. The highest BCUT2D eigenvalue weighted by Crippen LogP contribution is 2.19. The quantitative estimate of drug-likeness (QED) is 0.737. The summed E-state index contributed by atoms with van der Waals surface area (Å²) in [4.78, 5) is 30.4. The minimum atomic E-state index is -1.21. The van der Waals surface area contributed by atoms with Gasteiger partial charge in [0, 0.05) is 4.90 Å². The molecule has 0 aliphatic carbocycles. The molecule has 1 heterocycles. The Morgan fingerprint density at radius 1 is 1.33 bits per heavy atom. The Balaban J connectivity index is 2.11. The minimum Gasteiger partial charge on any atom is -0.477 e. The normalized spacial score (nSPS) is 11.9. The van der Waals surface area contributed by atoms with Gasteiger partial charge in [0.05, 0.1) is 12.4 Å². The monoisotopic (exact) mass is 305 g/mol. The third-order valence-corrected chi connectivity index (χ3v) is 3.78. The zero-order valence-corrected chi connectivity index (χ0v) is 12.4. The number of aromatic nitrogens is 2. The number of imidazole rings is 1. The molecule has 0 fully saturated rings. The van der Waals surface area contributed by atoms with Crippen LogP contribution in [0.15, 0.2) is 35.5 Å². The molecule has 0 bridgehead atoms. The SMILES string of the molecule is CSc1ccc(C(C)NC(=O)c2nc[nH]c2C(=O)O)cc1. The molecule has 7 heteroatoms. The van der Waals surface area contributed by atoms with E-state index in [4.69, 9.17) is 5.11 Å². The summed E-state index contributed by atoms with van der Waals surface area (Å²) in [5.41, 5.74) is 0.612. The lowest BCUT2D eigenvalue weighted by Crippen LogP contribution is -2.28. The first-order valence-corrected chi connectivity index (χ1v) is 7.47.